The third-order valence-corrected chi connectivity index (χ3v) is 3.96. The van der Waals surface area contributed by atoms with Gasteiger partial charge in [-0.15, -0.1) is 0 Å². The second kappa shape index (κ2) is 5.92. The van der Waals surface area contributed by atoms with Crippen molar-refractivity contribution in [1.82, 2.24) is 9.97 Å². The average Bonchev–Trinajstić information content (AvgIpc) is 2.88. The largest absolute Gasteiger partial charge is 0.490 e. The molecule has 1 unspecified atom stereocenters. The summed E-state index contributed by atoms with van der Waals surface area (Å²) in [4.78, 5) is 8.16. The third-order valence-electron chi connectivity index (χ3n) is 2.73. The number of hydrogen-bond donors (Lipinski definition) is 3. The van der Waals surface area contributed by atoms with Crippen LogP contribution in [-0.2, 0) is 0 Å². The highest BCUT2D eigenvalue weighted by molar-refractivity contribution is 7.99. The van der Waals surface area contributed by atoms with Crippen LogP contribution in [0, 0.1) is 5.92 Å². The van der Waals surface area contributed by atoms with Gasteiger partial charge in [-0.2, -0.15) is 11.8 Å². The van der Waals surface area contributed by atoms with Crippen LogP contribution < -0.4 is 21.3 Å². The Morgan fingerprint density at radius 2 is 2.35 bits per heavy atom. The highest BCUT2D eigenvalue weighted by Gasteiger charge is 2.17. The lowest BCUT2D eigenvalue weighted by atomic mass is 10.1. The minimum absolute atomic E-state index is 0.491. The summed E-state index contributed by atoms with van der Waals surface area (Å²) < 4.78 is 5.25. The van der Waals surface area contributed by atoms with Crippen molar-refractivity contribution in [3.8, 4) is 5.75 Å². The van der Waals surface area contributed by atoms with E-state index in [0.29, 0.717) is 23.3 Å². The van der Waals surface area contributed by atoms with E-state index in [2.05, 4.69) is 20.7 Å². The number of methoxy groups -OCH3 is 1. The molecule has 0 spiro atoms. The van der Waals surface area contributed by atoms with Crippen LogP contribution in [0.4, 0.5) is 11.6 Å². The smallest absolute Gasteiger partial charge is 0.205 e. The van der Waals surface area contributed by atoms with Gasteiger partial charge in [0.1, 0.15) is 6.33 Å². The molecule has 0 bridgehead atoms. The quantitative estimate of drug-likeness (QED) is 0.533. The first-order valence-electron chi connectivity index (χ1n) is 5.52. The summed E-state index contributed by atoms with van der Waals surface area (Å²) in [5.41, 5.74) is 2.49. The molecule has 0 radical (unpaired) electrons. The Morgan fingerprint density at radius 1 is 1.53 bits per heavy atom. The highest BCUT2D eigenvalue weighted by atomic mass is 32.2. The molecule has 1 aliphatic rings. The molecule has 1 saturated heterocycles. The van der Waals surface area contributed by atoms with Gasteiger partial charge in [-0.1, -0.05) is 0 Å². The Kier molecular flexibility index (Phi) is 4.27. The zero-order valence-electron chi connectivity index (χ0n) is 9.77. The normalized spacial score (nSPS) is 19.1. The summed E-state index contributed by atoms with van der Waals surface area (Å²) in [7, 11) is 1.58. The number of nitrogens with two attached hydrogens (primary N) is 1. The molecule has 2 heterocycles. The minimum atomic E-state index is 0.491. The summed E-state index contributed by atoms with van der Waals surface area (Å²) in [5.74, 6) is 10.3. The number of ether oxygens (including phenoxy) is 1. The van der Waals surface area contributed by atoms with Crippen LogP contribution >= 0.6 is 11.8 Å². The van der Waals surface area contributed by atoms with E-state index in [1.54, 1.807) is 7.11 Å². The number of aromatic nitrogens is 2. The Bertz CT molecular complexity index is 370. The number of nitrogen functional groups attached to an aromatic ring is 1. The summed E-state index contributed by atoms with van der Waals surface area (Å²) in [6.45, 7) is 0.907. The van der Waals surface area contributed by atoms with Crippen LogP contribution in [0.25, 0.3) is 0 Å². The van der Waals surface area contributed by atoms with Gasteiger partial charge in [-0.25, -0.2) is 15.8 Å². The summed E-state index contributed by atoms with van der Waals surface area (Å²) in [6.07, 6.45) is 2.72. The monoisotopic (exact) mass is 255 g/mol. The van der Waals surface area contributed by atoms with Gasteiger partial charge in [-0.3, -0.25) is 0 Å². The van der Waals surface area contributed by atoms with E-state index in [1.165, 1.54) is 24.3 Å². The molecular weight excluding hydrogens is 238 g/mol. The van der Waals surface area contributed by atoms with Crippen molar-refractivity contribution < 1.29 is 4.74 Å². The van der Waals surface area contributed by atoms with Crippen molar-refractivity contribution in [2.24, 2.45) is 11.8 Å². The van der Waals surface area contributed by atoms with Crippen molar-refractivity contribution in [2.45, 2.75) is 6.42 Å². The lowest BCUT2D eigenvalue weighted by Crippen LogP contribution is -2.16. The van der Waals surface area contributed by atoms with Crippen LogP contribution in [0.15, 0.2) is 6.33 Å². The topological polar surface area (TPSA) is 85.1 Å². The minimum Gasteiger partial charge on any atom is -0.490 e. The van der Waals surface area contributed by atoms with E-state index in [1.807, 2.05) is 11.8 Å². The number of nitrogens with zero attached hydrogens (tertiary/aromatic N) is 2. The number of thioether (sulfide) groups is 1. The number of nitrogens with one attached hydrogen (secondary N) is 2. The first-order valence-corrected chi connectivity index (χ1v) is 6.68. The van der Waals surface area contributed by atoms with E-state index in [4.69, 9.17) is 10.6 Å². The van der Waals surface area contributed by atoms with Gasteiger partial charge < -0.3 is 15.5 Å². The molecule has 6 nitrogen and oxygen atoms in total. The number of anilines is 2. The van der Waals surface area contributed by atoms with Crippen LogP contribution in [0.5, 0.6) is 5.75 Å². The lowest BCUT2D eigenvalue weighted by molar-refractivity contribution is 0.414. The molecule has 0 saturated carbocycles. The van der Waals surface area contributed by atoms with E-state index in [0.717, 1.165) is 6.54 Å². The standard InChI is InChI=1S/C10H17N5OS/c1-16-8-9(13-6-14-10(8)15-11)12-4-7-2-3-17-5-7/h6-7H,2-5,11H2,1H3,(H2,12,13,14,15). The van der Waals surface area contributed by atoms with Crippen LogP contribution in [0.2, 0.25) is 0 Å². The molecule has 1 fully saturated rings. The second-order valence-corrected chi connectivity index (χ2v) is 5.01. The van der Waals surface area contributed by atoms with E-state index in [-0.39, 0.29) is 0 Å². The molecule has 2 rings (SSSR count). The van der Waals surface area contributed by atoms with Crippen molar-refractivity contribution in [1.29, 1.82) is 0 Å². The summed E-state index contributed by atoms with van der Waals surface area (Å²) >= 11 is 2.00. The number of rotatable bonds is 5. The molecule has 7 heteroatoms. The number of hydrazine groups is 1. The predicted molar refractivity (Wildman–Crippen MR) is 70.3 cm³/mol. The van der Waals surface area contributed by atoms with Gasteiger partial charge in [0.25, 0.3) is 0 Å². The molecule has 1 aliphatic heterocycles. The van der Waals surface area contributed by atoms with Crippen LogP contribution in [-0.4, -0.2) is 35.1 Å². The predicted octanol–water partition coefficient (Wildman–Crippen LogP) is 0.936. The Balaban J connectivity index is 2.03. The van der Waals surface area contributed by atoms with Gasteiger partial charge >= 0.3 is 0 Å². The number of hydrogen-bond acceptors (Lipinski definition) is 7. The molecule has 94 valence electrons. The SMILES string of the molecule is COc1c(NN)ncnc1NCC1CCSC1. The summed E-state index contributed by atoms with van der Waals surface area (Å²) in [6, 6.07) is 0. The maximum atomic E-state index is 5.36. The summed E-state index contributed by atoms with van der Waals surface area (Å²) in [5, 5.41) is 3.30. The molecule has 0 amide bonds. The second-order valence-electron chi connectivity index (χ2n) is 3.86. The van der Waals surface area contributed by atoms with Gasteiger partial charge in [0.2, 0.25) is 5.75 Å². The molecule has 1 aromatic rings. The zero-order chi connectivity index (χ0) is 12.1. The first kappa shape index (κ1) is 12.3. The maximum Gasteiger partial charge on any atom is 0.205 e. The molecule has 4 N–H and O–H groups in total. The van der Waals surface area contributed by atoms with Crippen molar-refractivity contribution >= 4 is 23.4 Å². The van der Waals surface area contributed by atoms with E-state index in [9.17, 15) is 0 Å². The van der Waals surface area contributed by atoms with E-state index >= 15 is 0 Å². The molecule has 17 heavy (non-hydrogen) atoms. The Hall–Kier alpha value is -1.21. The zero-order valence-corrected chi connectivity index (χ0v) is 10.6. The van der Waals surface area contributed by atoms with Crippen LogP contribution in [0.1, 0.15) is 6.42 Å². The first-order chi connectivity index (χ1) is 8.35. The van der Waals surface area contributed by atoms with E-state index < -0.39 is 0 Å². The lowest BCUT2D eigenvalue weighted by Gasteiger charge is -2.14. The molecule has 1 aromatic heterocycles. The molecular formula is C10H17N5OS. The molecule has 0 aromatic carbocycles. The highest BCUT2D eigenvalue weighted by Crippen LogP contribution is 2.29. The fourth-order valence-corrected chi connectivity index (χ4v) is 3.07. The molecule has 0 aliphatic carbocycles. The van der Waals surface area contributed by atoms with Crippen molar-refractivity contribution in [3.63, 3.8) is 0 Å². The fraction of sp³-hybridized carbons (Fsp3) is 0.600. The van der Waals surface area contributed by atoms with Gasteiger partial charge in [0.05, 0.1) is 7.11 Å². The maximum absolute atomic E-state index is 5.36. The van der Waals surface area contributed by atoms with Gasteiger partial charge in [0.15, 0.2) is 11.6 Å². The van der Waals surface area contributed by atoms with Crippen molar-refractivity contribution in [3.05, 3.63) is 6.33 Å². The third kappa shape index (κ3) is 2.92. The van der Waals surface area contributed by atoms with Gasteiger partial charge in [-0.05, 0) is 23.8 Å². The van der Waals surface area contributed by atoms with Crippen molar-refractivity contribution in [2.75, 3.05) is 35.9 Å². The average molecular weight is 255 g/mol. The van der Waals surface area contributed by atoms with Gasteiger partial charge in [0, 0.05) is 6.54 Å². The Labute approximate surface area is 105 Å². The Morgan fingerprint density at radius 3 is 3.00 bits per heavy atom. The fourth-order valence-electron chi connectivity index (χ4n) is 1.78. The van der Waals surface area contributed by atoms with Crippen LogP contribution in [0.3, 0.4) is 0 Å². The molecule has 1 atom stereocenters.